The predicted molar refractivity (Wildman–Crippen MR) is 430 cm³/mol. The molecular weight excluding hydrogens is 1230 g/mol. The van der Waals surface area contributed by atoms with Crippen molar-refractivity contribution in [1.29, 1.82) is 0 Å². The molecule has 0 amide bonds. The Hall–Kier alpha value is -10.9. The van der Waals surface area contributed by atoms with Crippen LogP contribution in [0.1, 0.15) is 87.2 Å². The van der Waals surface area contributed by atoms with Crippen LogP contribution in [0.2, 0.25) is 19.6 Å². The van der Waals surface area contributed by atoms with Crippen LogP contribution in [0.3, 0.4) is 0 Å². The van der Waals surface area contributed by atoms with Gasteiger partial charge in [-0.1, -0.05) is 269 Å². The number of ether oxygens (including phenoxy) is 1. The molecule has 17 rings (SSSR count). The first-order valence-corrected chi connectivity index (χ1v) is 38.5. The Morgan fingerprint density at radius 3 is 1.26 bits per heavy atom. The summed E-state index contributed by atoms with van der Waals surface area (Å²) >= 11 is 0. The number of para-hydroxylation sites is 5. The Morgan fingerprint density at radius 2 is 0.780 bits per heavy atom. The minimum atomic E-state index is -2.74. The lowest BCUT2D eigenvalue weighted by Crippen LogP contribution is -2.62. The molecule has 0 atom stereocenters. The third-order valence-electron chi connectivity index (χ3n) is 20.5. The fourth-order valence-corrected chi connectivity index (χ4v) is 16.2. The van der Waals surface area contributed by atoms with Gasteiger partial charge in [-0.3, -0.25) is 0 Å². The van der Waals surface area contributed by atoms with E-state index in [4.69, 9.17) is 4.74 Å². The molecule has 7 heteroatoms. The largest absolute Gasteiger partial charge is 0.453 e. The summed E-state index contributed by atoms with van der Waals surface area (Å²) in [6.07, 6.45) is 0. The summed E-state index contributed by atoms with van der Waals surface area (Å²) in [5.41, 5.74) is 19.2. The van der Waals surface area contributed by atoms with E-state index in [0.29, 0.717) is 27.5 Å². The first-order chi connectivity index (χ1) is 50.7. The second-order valence-corrected chi connectivity index (χ2v) is 36.3. The van der Waals surface area contributed by atoms with Crippen LogP contribution in [0.4, 0.5) is 51.2 Å². The molecule has 0 bridgehead atoms. The van der Waals surface area contributed by atoms with Gasteiger partial charge in [-0.2, -0.15) is 0 Å². The average molecular weight is 1320 g/mol. The predicted octanol–water partition coefficient (Wildman–Crippen LogP) is 23.5. The number of hydrogen-bond acceptors (Lipinski definition) is 4. The van der Waals surface area contributed by atoms with Gasteiger partial charge in [0.2, 0.25) is 0 Å². The van der Waals surface area contributed by atoms with E-state index in [0.717, 1.165) is 140 Å². The zero-order chi connectivity index (χ0) is 73.9. The van der Waals surface area contributed by atoms with Gasteiger partial charge < -0.3 is 24.0 Å². The first-order valence-electron chi connectivity index (χ1n) is 38.0. The fraction of sp³-hybridized carbons (Fsp3) is 0.161. The Bertz CT molecular complexity index is 5790. The van der Waals surface area contributed by atoms with Crippen molar-refractivity contribution >= 4 is 109 Å². The molecule has 488 valence electrons. The Morgan fingerprint density at radius 1 is 0.350 bits per heavy atom. The fourth-order valence-electron chi connectivity index (χ4n) is 15.2. The average Bonchev–Trinajstić information content (AvgIpc) is 0.731. The molecule has 1 aromatic heterocycles. The Balaban J connectivity index is 1.07. The normalized spacial score (nSPS) is 14.2. The van der Waals surface area contributed by atoms with Gasteiger partial charge in [0.15, 0.2) is 11.5 Å². The van der Waals surface area contributed by atoms with Crippen LogP contribution in [-0.4, -0.2) is 19.4 Å². The maximum absolute atomic E-state index is 11.8. The lowest BCUT2D eigenvalue weighted by atomic mass is 9.33. The number of hydrogen-bond donors (Lipinski definition) is 0. The van der Waals surface area contributed by atoms with E-state index in [1.54, 1.807) is 0 Å². The molecule has 0 N–H and O–H groups in total. The van der Waals surface area contributed by atoms with Crippen molar-refractivity contribution in [3.05, 3.63) is 302 Å². The Labute approximate surface area is 599 Å². The highest BCUT2D eigenvalue weighted by Crippen LogP contribution is 2.56. The highest BCUT2D eigenvalue weighted by atomic mass is 28.3. The van der Waals surface area contributed by atoms with Gasteiger partial charge in [0.1, 0.15) is 0 Å². The maximum Gasteiger partial charge on any atom is 0.252 e. The monoisotopic (exact) mass is 1320 g/mol. The zero-order valence-electron chi connectivity index (χ0n) is 64.9. The van der Waals surface area contributed by atoms with Crippen LogP contribution in [0, 0.1) is 0 Å². The third-order valence-corrected chi connectivity index (χ3v) is 22.2. The van der Waals surface area contributed by atoms with Crippen LogP contribution in [0.5, 0.6) is 11.5 Å². The molecule has 0 fully saturated rings. The molecule has 0 unspecified atom stereocenters. The Kier molecular flexibility index (Phi) is 13.1. The van der Waals surface area contributed by atoms with Crippen LogP contribution >= 0.6 is 0 Å². The molecule has 4 heterocycles. The second kappa shape index (κ2) is 23.4. The van der Waals surface area contributed by atoms with Crippen molar-refractivity contribution in [2.75, 3.05) is 14.7 Å². The summed E-state index contributed by atoms with van der Waals surface area (Å²) in [5, 5.41) is 2.33. The van der Waals surface area contributed by atoms with Crippen molar-refractivity contribution in [1.82, 2.24) is 4.57 Å². The van der Waals surface area contributed by atoms with Gasteiger partial charge in [0.25, 0.3) is 6.71 Å². The van der Waals surface area contributed by atoms with Crippen LogP contribution in [-0.2, 0) is 16.2 Å². The molecule has 0 radical (unpaired) electrons. The summed E-state index contributed by atoms with van der Waals surface area (Å²) in [6.45, 7) is 25.6. The maximum atomic E-state index is 11.8. The molecule has 13 aromatic carbocycles. The van der Waals surface area contributed by atoms with Crippen molar-refractivity contribution < 1.29 is 13.0 Å². The second-order valence-electron chi connectivity index (χ2n) is 31.3. The number of rotatable bonds is 9. The van der Waals surface area contributed by atoms with Crippen molar-refractivity contribution in [3.8, 4) is 61.7 Å². The number of anilines is 9. The minimum Gasteiger partial charge on any atom is -0.453 e. The molecule has 0 saturated carbocycles. The standard InChI is InChI=1S/C93H83BN4OSi/c1-91(2,3)64-51-71(60-31-17-13-18-32-60)89(72(52-64)61-33-19-14-20-34-61)97-80-50-47-69(100(10,11)12)59-77(80)94-76-48-45-68(95-78-40-26-25-39-70(78)75-57-67(46-49-79(75)95)96-81-41-27-29-43-86(81)99-87-44-30-28-42-82(87)96)58-83(76)98(85-56-66(93(7,8)9)55-84(97)88(85)94)90-73(62-35-21-15-22-36-62)53-65(92(4,5)6)54-74(90)63-37-23-16-24-38-63/h13-59H,1-12H3/i45D,47D,48D,50D,58D,59D. The molecule has 0 saturated heterocycles. The van der Waals surface area contributed by atoms with E-state index in [1.165, 1.54) is 0 Å². The highest BCUT2D eigenvalue weighted by Gasteiger charge is 2.47. The lowest BCUT2D eigenvalue weighted by molar-refractivity contribution is 0.477. The third kappa shape index (κ3) is 10.4. The smallest absolute Gasteiger partial charge is 0.252 e. The molecule has 3 aliphatic rings. The SMILES string of the molecule is [2H]c1c([2H])c(-n2c3ccccc3c3cc(N4c5ccccc5Oc5ccccc54)ccc32)c([2H])c2c1B1c3c(cc(C(C)(C)C)cc3N2c2c(-c3ccccc3)cc(C(C)(C)C)cc2-c2ccccc2)N(c2c(-c3ccccc3)cc(C(C)(C)C)cc2-c2ccccc2)c2c([2H])c([2H])c([Si](C)(C)C)c([2H])c21. The molecule has 100 heavy (non-hydrogen) atoms. The quantitative estimate of drug-likeness (QED) is 0.134. The van der Waals surface area contributed by atoms with Crippen LogP contribution in [0.15, 0.2) is 285 Å². The van der Waals surface area contributed by atoms with E-state index in [1.807, 2.05) is 77.4 Å². The topological polar surface area (TPSA) is 23.9 Å². The number of benzene rings is 13. The lowest BCUT2D eigenvalue weighted by Gasteiger charge is -2.47. The van der Waals surface area contributed by atoms with Gasteiger partial charge in [0.05, 0.1) is 50.1 Å². The molecule has 5 nitrogen and oxygen atoms in total. The summed E-state index contributed by atoms with van der Waals surface area (Å²) in [6, 6.07) is 86.6. The van der Waals surface area contributed by atoms with E-state index >= 15 is 0 Å². The summed E-state index contributed by atoms with van der Waals surface area (Å²) in [5.74, 6) is 1.46. The van der Waals surface area contributed by atoms with Crippen molar-refractivity contribution in [2.45, 2.75) is 98.2 Å². The number of aromatic nitrogens is 1. The van der Waals surface area contributed by atoms with Crippen molar-refractivity contribution in [2.24, 2.45) is 0 Å². The van der Waals surface area contributed by atoms with Gasteiger partial charge in [-0.15, -0.1) is 0 Å². The van der Waals surface area contributed by atoms with Gasteiger partial charge in [-0.25, -0.2) is 0 Å². The van der Waals surface area contributed by atoms with Gasteiger partial charge >= 0.3 is 0 Å². The summed E-state index contributed by atoms with van der Waals surface area (Å²) in [4.78, 5) is 6.77. The molecule has 0 aliphatic carbocycles. The molecule has 3 aliphatic heterocycles. The summed E-state index contributed by atoms with van der Waals surface area (Å²) in [7, 11) is -2.74. The van der Waals surface area contributed by atoms with Gasteiger partial charge in [0, 0.05) is 67.2 Å². The first kappa shape index (κ1) is 56.1. The van der Waals surface area contributed by atoms with Crippen molar-refractivity contribution in [3.63, 3.8) is 0 Å². The van der Waals surface area contributed by atoms with E-state index < -0.39 is 20.2 Å². The van der Waals surface area contributed by atoms with E-state index in [2.05, 4.69) is 273 Å². The molecule has 14 aromatic rings. The van der Waals surface area contributed by atoms with Gasteiger partial charge in [-0.05, 0) is 175 Å². The van der Waals surface area contributed by atoms with Crippen LogP contribution < -0.4 is 41.0 Å². The summed E-state index contributed by atoms with van der Waals surface area (Å²) < 4.78 is 75.7. The molecular formula is C93H83BN4OSi. The molecule has 0 spiro atoms. The van der Waals surface area contributed by atoms with Crippen LogP contribution in [0.25, 0.3) is 72.0 Å². The number of nitrogens with zero attached hydrogens (tertiary/aromatic N) is 4. The highest BCUT2D eigenvalue weighted by molar-refractivity contribution is 7.01. The van der Waals surface area contributed by atoms with E-state index in [-0.39, 0.29) is 52.8 Å². The minimum absolute atomic E-state index is 0.00867. The number of fused-ring (bicyclic) bond motifs is 9. The van der Waals surface area contributed by atoms with E-state index in [9.17, 15) is 8.22 Å². The zero-order valence-corrected chi connectivity index (χ0v) is 59.9.